The van der Waals surface area contributed by atoms with Gasteiger partial charge in [0.2, 0.25) is 5.71 Å². The van der Waals surface area contributed by atoms with Crippen LogP contribution >= 0.6 is 0 Å². The van der Waals surface area contributed by atoms with E-state index in [1.807, 2.05) is 59.7 Å². The number of furan rings is 2. The number of nitrogens with zero attached hydrogens (tertiary/aromatic N) is 1. The Bertz CT molecular complexity index is 2280. The Labute approximate surface area is 322 Å². The summed E-state index contributed by atoms with van der Waals surface area (Å²) in [5, 5.41) is 13.5. The summed E-state index contributed by atoms with van der Waals surface area (Å²) in [7, 11) is 0. The predicted molar refractivity (Wildman–Crippen MR) is 210 cm³/mol. The molecule has 7 rings (SSSR count). The van der Waals surface area contributed by atoms with Gasteiger partial charge in [0.1, 0.15) is 16.9 Å². The second-order valence-electron chi connectivity index (χ2n) is 15.6. The van der Waals surface area contributed by atoms with E-state index in [1.54, 1.807) is 0 Å². The topological polar surface area (TPSA) is 76.5 Å². The maximum Gasteiger partial charge on any atom is 0.218 e. The van der Waals surface area contributed by atoms with Crippen molar-refractivity contribution in [3.63, 3.8) is 0 Å². The summed E-state index contributed by atoms with van der Waals surface area (Å²) in [5.74, 6) is 1.68. The molecule has 52 heavy (non-hydrogen) atoms. The van der Waals surface area contributed by atoms with Gasteiger partial charge in [0.05, 0.1) is 5.76 Å². The summed E-state index contributed by atoms with van der Waals surface area (Å²) in [6.07, 6.45) is 4.75. The molecule has 5 nitrogen and oxygen atoms in total. The number of aliphatic hydroxyl groups excluding tert-OH is 1. The van der Waals surface area contributed by atoms with Crippen molar-refractivity contribution >= 4 is 38.8 Å². The Morgan fingerprint density at radius 3 is 2.17 bits per heavy atom. The van der Waals surface area contributed by atoms with E-state index >= 15 is 0 Å². The van der Waals surface area contributed by atoms with Gasteiger partial charge in [-0.25, -0.2) is 0 Å². The maximum absolute atomic E-state index is 12.2. The molecule has 275 valence electrons. The molecule has 0 unspecified atom stereocenters. The second-order valence-corrected chi connectivity index (χ2v) is 15.6. The maximum atomic E-state index is 12.2. The smallest absolute Gasteiger partial charge is 0.218 e. The van der Waals surface area contributed by atoms with Crippen molar-refractivity contribution in [3.05, 3.63) is 101 Å². The van der Waals surface area contributed by atoms with Gasteiger partial charge in [0.25, 0.3) is 0 Å². The Morgan fingerprint density at radius 2 is 1.52 bits per heavy atom. The minimum absolute atomic E-state index is 0. The van der Waals surface area contributed by atoms with Crippen molar-refractivity contribution in [1.29, 1.82) is 0 Å². The van der Waals surface area contributed by atoms with Crippen LogP contribution in [0.15, 0.2) is 87.4 Å². The SMILES string of the molecule is CC(C)c1ccc2oc3nc(-c4[c-]ccc5c4-c4oc6ccccc6c4C5(C)C)ccc3c2c1.CCC(C)(CC)C(=O)/C=C(\O)C(C)(CC)CC.[Ir]. The van der Waals surface area contributed by atoms with Crippen LogP contribution in [0.25, 0.3) is 55.6 Å². The molecule has 3 aromatic carbocycles. The van der Waals surface area contributed by atoms with Crippen molar-refractivity contribution in [3.8, 4) is 22.6 Å². The van der Waals surface area contributed by atoms with E-state index < -0.39 is 0 Å². The van der Waals surface area contributed by atoms with E-state index in [1.165, 1.54) is 28.2 Å². The zero-order valence-corrected chi connectivity index (χ0v) is 34.7. The average Bonchev–Trinajstić information content (AvgIpc) is 3.78. The van der Waals surface area contributed by atoms with Crippen molar-refractivity contribution in [2.24, 2.45) is 10.8 Å². The van der Waals surface area contributed by atoms with Crippen LogP contribution in [0.1, 0.15) is 118 Å². The molecule has 6 aromatic rings. The number of benzene rings is 3. The molecule has 1 N–H and O–H groups in total. The van der Waals surface area contributed by atoms with Crippen LogP contribution in [0.3, 0.4) is 0 Å². The number of ketones is 1. The molecule has 0 aliphatic heterocycles. The monoisotopic (exact) mass is 875 g/mol. The molecule has 0 saturated heterocycles. The fraction of sp³-hybridized carbons (Fsp3) is 0.391. The van der Waals surface area contributed by atoms with E-state index in [9.17, 15) is 9.90 Å². The molecule has 3 aromatic heterocycles. The molecule has 0 spiro atoms. The third-order valence-electron chi connectivity index (χ3n) is 12.0. The molecular weight excluding hydrogens is 823 g/mol. The first kappa shape index (κ1) is 39.2. The molecule has 1 aliphatic rings. The fourth-order valence-electron chi connectivity index (χ4n) is 7.29. The number of fused-ring (bicyclic) bond motifs is 8. The van der Waals surface area contributed by atoms with Crippen molar-refractivity contribution in [2.45, 2.75) is 106 Å². The van der Waals surface area contributed by atoms with Gasteiger partial charge in [-0.05, 0) is 61.1 Å². The molecular formula is C46H52IrNO4-. The number of hydrogen-bond acceptors (Lipinski definition) is 5. The molecule has 3 heterocycles. The van der Waals surface area contributed by atoms with Crippen LogP contribution < -0.4 is 0 Å². The number of aromatic nitrogens is 1. The van der Waals surface area contributed by atoms with Gasteiger partial charge in [-0.15, -0.1) is 29.3 Å². The van der Waals surface area contributed by atoms with Crippen LogP contribution in [0.5, 0.6) is 0 Å². The number of rotatable bonds is 9. The molecule has 6 heteroatoms. The fourth-order valence-corrected chi connectivity index (χ4v) is 7.29. The summed E-state index contributed by atoms with van der Waals surface area (Å²) >= 11 is 0. The molecule has 0 bridgehead atoms. The van der Waals surface area contributed by atoms with Crippen LogP contribution in [-0.2, 0) is 30.3 Å². The number of carbonyl (C=O) groups excluding carboxylic acids is 1. The van der Waals surface area contributed by atoms with Gasteiger partial charge in [0, 0.05) is 64.1 Å². The van der Waals surface area contributed by atoms with Gasteiger partial charge in [-0.1, -0.05) is 111 Å². The van der Waals surface area contributed by atoms with Gasteiger partial charge in [-0.2, -0.15) is 0 Å². The molecule has 1 aliphatic carbocycles. The van der Waals surface area contributed by atoms with Crippen LogP contribution in [0.2, 0.25) is 0 Å². The van der Waals surface area contributed by atoms with E-state index in [-0.39, 0.29) is 47.9 Å². The first-order chi connectivity index (χ1) is 24.2. The van der Waals surface area contributed by atoms with Gasteiger partial charge < -0.3 is 13.9 Å². The zero-order chi connectivity index (χ0) is 36.9. The van der Waals surface area contributed by atoms with Gasteiger partial charge in [-0.3, -0.25) is 9.78 Å². The molecule has 1 radical (unpaired) electrons. The second kappa shape index (κ2) is 14.8. The largest absolute Gasteiger partial charge is 0.512 e. The minimum atomic E-state index is -0.337. The first-order valence-electron chi connectivity index (χ1n) is 18.6. The number of aliphatic hydroxyl groups is 1. The summed E-state index contributed by atoms with van der Waals surface area (Å²) in [5.41, 5.74) is 8.34. The standard InChI is InChI=1S/C31H24NO2.C15H28O2.Ir/c1-17(2)18-12-15-26-22(16-18)19-13-14-24(32-30(19)34-26)20-9-7-10-23-27(20)29-28(31(23,3)4)21-8-5-6-11-25(21)33-29;1-7-14(5,8-2)12(16)11-13(17)15(6,9-3)10-4;/h5-8,10-17H,1-4H3;11,16H,7-10H2,1-6H3;/q-1;;/b;12-11-;. The van der Waals surface area contributed by atoms with E-state index in [0.29, 0.717) is 11.6 Å². The summed E-state index contributed by atoms with van der Waals surface area (Å²) in [6.45, 7) is 21.0. The number of allylic oxidation sites excluding steroid dienone is 2. The molecule has 0 amide bonds. The Hall–Kier alpha value is -3.99. The van der Waals surface area contributed by atoms with Crippen LogP contribution in [0.4, 0.5) is 0 Å². The first-order valence-corrected chi connectivity index (χ1v) is 18.6. The van der Waals surface area contributed by atoms with Gasteiger partial charge >= 0.3 is 0 Å². The van der Waals surface area contributed by atoms with Crippen LogP contribution in [0, 0.1) is 16.9 Å². The van der Waals surface area contributed by atoms with Crippen molar-refractivity contribution in [2.75, 3.05) is 0 Å². The number of para-hydroxylation sites is 1. The summed E-state index contributed by atoms with van der Waals surface area (Å²) in [4.78, 5) is 17.1. The van der Waals surface area contributed by atoms with E-state index in [0.717, 1.165) is 70.2 Å². The quantitative estimate of drug-likeness (QED) is 0.0889. The third-order valence-corrected chi connectivity index (χ3v) is 12.0. The minimum Gasteiger partial charge on any atom is -0.512 e. The van der Waals surface area contributed by atoms with Crippen molar-refractivity contribution < 1.29 is 38.8 Å². The number of pyridine rings is 1. The normalized spacial score (nSPS) is 13.9. The Kier molecular flexibility index (Phi) is 11.2. The summed E-state index contributed by atoms with van der Waals surface area (Å²) in [6, 6.07) is 26.6. The zero-order valence-electron chi connectivity index (χ0n) is 32.3. The number of hydrogen-bond donors (Lipinski definition) is 1. The molecule has 0 saturated carbocycles. The predicted octanol–water partition coefficient (Wildman–Crippen LogP) is 13.3. The summed E-state index contributed by atoms with van der Waals surface area (Å²) < 4.78 is 12.6. The third kappa shape index (κ3) is 6.58. The average molecular weight is 875 g/mol. The molecule has 0 fully saturated rings. The number of carbonyl (C=O) groups is 1. The van der Waals surface area contributed by atoms with Crippen LogP contribution in [-0.4, -0.2) is 15.9 Å². The Morgan fingerprint density at radius 1 is 0.865 bits per heavy atom. The van der Waals surface area contributed by atoms with Crippen molar-refractivity contribution in [1.82, 2.24) is 4.98 Å². The van der Waals surface area contributed by atoms with E-state index in [2.05, 4.69) is 82.3 Å². The Balaban J connectivity index is 0.000000250. The van der Waals surface area contributed by atoms with E-state index in [4.69, 9.17) is 13.8 Å². The van der Waals surface area contributed by atoms with Gasteiger partial charge in [0.15, 0.2) is 5.78 Å². The molecule has 0 atom stereocenters.